The van der Waals surface area contributed by atoms with Gasteiger partial charge in [-0.05, 0) is 6.07 Å². The predicted octanol–water partition coefficient (Wildman–Crippen LogP) is 2.05. The van der Waals surface area contributed by atoms with Gasteiger partial charge in [0.2, 0.25) is 0 Å². The van der Waals surface area contributed by atoms with Crippen LogP contribution >= 0.6 is 0 Å². The van der Waals surface area contributed by atoms with Crippen molar-refractivity contribution in [3.05, 3.63) is 38.4 Å². The van der Waals surface area contributed by atoms with Crippen molar-refractivity contribution in [3.63, 3.8) is 0 Å². The molecule has 1 aromatic carbocycles. The van der Waals surface area contributed by atoms with Crippen LogP contribution < -0.4 is 5.19 Å². The summed E-state index contributed by atoms with van der Waals surface area (Å²) in [5.41, 5.74) is -0.290. The summed E-state index contributed by atoms with van der Waals surface area (Å²) < 4.78 is 0. The van der Waals surface area contributed by atoms with Crippen molar-refractivity contribution in [3.8, 4) is 0 Å². The Morgan fingerprint density at radius 2 is 1.38 bits per heavy atom. The molecule has 0 atom stereocenters. The minimum atomic E-state index is -2.13. The van der Waals surface area contributed by atoms with E-state index in [9.17, 15) is 20.2 Å². The lowest BCUT2D eigenvalue weighted by molar-refractivity contribution is -0.391. The van der Waals surface area contributed by atoms with Crippen LogP contribution in [0.15, 0.2) is 18.2 Å². The molecule has 86 valence electrons. The minimum Gasteiger partial charge on any atom is -0.258 e. The third-order valence-electron chi connectivity index (χ3n) is 2.16. The number of benzene rings is 1. The zero-order valence-electron chi connectivity index (χ0n) is 9.26. The fourth-order valence-corrected chi connectivity index (χ4v) is 3.49. The molecule has 0 aromatic heterocycles. The van der Waals surface area contributed by atoms with Gasteiger partial charge in [-0.2, -0.15) is 0 Å². The monoisotopic (exact) mass is 240 g/mol. The molecule has 0 saturated carbocycles. The number of nitro benzene ring substituents is 2. The lowest BCUT2D eigenvalue weighted by atomic mass is 10.3. The Morgan fingerprint density at radius 1 is 1.00 bits per heavy atom. The first-order chi connectivity index (χ1) is 7.25. The smallest absolute Gasteiger partial charge is 0.258 e. The SMILES string of the molecule is C[Si](C)(C)c1c([N+](=O)[O-])cccc1[N+](=O)[O-]. The highest BCUT2D eigenvalue weighted by Crippen LogP contribution is 2.22. The second-order valence-electron chi connectivity index (χ2n) is 4.44. The van der Waals surface area contributed by atoms with Gasteiger partial charge in [-0.1, -0.05) is 19.6 Å². The zero-order valence-corrected chi connectivity index (χ0v) is 10.3. The highest BCUT2D eigenvalue weighted by Gasteiger charge is 2.34. The van der Waals surface area contributed by atoms with Gasteiger partial charge in [0.05, 0.1) is 23.1 Å². The summed E-state index contributed by atoms with van der Waals surface area (Å²) in [5, 5.41) is 22.0. The maximum atomic E-state index is 10.8. The Morgan fingerprint density at radius 3 is 1.62 bits per heavy atom. The largest absolute Gasteiger partial charge is 0.275 e. The zero-order chi connectivity index (χ0) is 12.5. The average Bonchev–Trinajstić information content (AvgIpc) is 2.15. The first kappa shape index (κ1) is 12.3. The first-order valence-electron chi connectivity index (χ1n) is 4.67. The highest BCUT2D eigenvalue weighted by atomic mass is 28.3. The summed E-state index contributed by atoms with van der Waals surface area (Å²) in [4.78, 5) is 20.6. The summed E-state index contributed by atoms with van der Waals surface area (Å²) in [6.07, 6.45) is 0. The Hall–Kier alpha value is -1.76. The Kier molecular flexibility index (Phi) is 3.08. The molecular weight excluding hydrogens is 228 g/mol. The second-order valence-corrected chi connectivity index (χ2v) is 9.44. The fourth-order valence-electron chi connectivity index (χ4n) is 1.60. The second kappa shape index (κ2) is 4.01. The lowest BCUT2D eigenvalue weighted by Gasteiger charge is -2.16. The van der Waals surface area contributed by atoms with Gasteiger partial charge < -0.3 is 0 Å². The molecule has 0 aliphatic heterocycles. The van der Waals surface area contributed by atoms with Gasteiger partial charge in [0.15, 0.2) is 0 Å². The van der Waals surface area contributed by atoms with Crippen LogP contribution in [0.2, 0.25) is 19.6 Å². The van der Waals surface area contributed by atoms with E-state index in [1.54, 1.807) is 0 Å². The Balaban J connectivity index is 3.60. The maximum absolute atomic E-state index is 10.8. The number of hydrogen-bond donors (Lipinski definition) is 0. The summed E-state index contributed by atoms with van der Waals surface area (Å²) in [6, 6.07) is 3.99. The summed E-state index contributed by atoms with van der Waals surface area (Å²) >= 11 is 0. The fraction of sp³-hybridized carbons (Fsp3) is 0.333. The Bertz CT molecular complexity index is 421. The van der Waals surface area contributed by atoms with E-state index in [-0.39, 0.29) is 11.4 Å². The van der Waals surface area contributed by atoms with E-state index >= 15 is 0 Å². The van der Waals surface area contributed by atoms with Gasteiger partial charge >= 0.3 is 0 Å². The van der Waals surface area contributed by atoms with Crippen LogP contribution in [0, 0.1) is 20.2 Å². The van der Waals surface area contributed by atoms with Gasteiger partial charge in [-0.3, -0.25) is 20.2 Å². The molecule has 0 radical (unpaired) electrons. The number of hydrogen-bond acceptors (Lipinski definition) is 4. The molecule has 0 fully saturated rings. The molecule has 1 rings (SSSR count). The van der Waals surface area contributed by atoms with Crippen LogP contribution in [-0.2, 0) is 0 Å². The minimum absolute atomic E-state index is 0.145. The topological polar surface area (TPSA) is 86.3 Å². The average molecular weight is 240 g/mol. The first-order valence-corrected chi connectivity index (χ1v) is 8.17. The molecule has 0 saturated heterocycles. The molecule has 1 aromatic rings. The van der Waals surface area contributed by atoms with E-state index in [2.05, 4.69) is 0 Å². The van der Waals surface area contributed by atoms with Crippen LogP contribution in [0.4, 0.5) is 11.4 Å². The van der Waals surface area contributed by atoms with Crippen LogP contribution in [0.1, 0.15) is 0 Å². The molecule has 0 N–H and O–H groups in total. The van der Waals surface area contributed by atoms with Crippen LogP contribution in [0.3, 0.4) is 0 Å². The van der Waals surface area contributed by atoms with Gasteiger partial charge in [0, 0.05) is 12.1 Å². The number of nitro groups is 2. The normalized spacial score (nSPS) is 11.2. The van der Waals surface area contributed by atoms with Gasteiger partial charge in [-0.15, -0.1) is 0 Å². The Labute approximate surface area is 93.2 Å². The van der Waals surface area contributed by atoms with E-state index in [4.69, 9.17) is 0 Å². The van der Waals surface area contributed by atoms with Crippen LogP contribution in [0.25, 0.3) is 0 Å². The maximum Gasteiger partial charge on any atom is 0.275 e. The van der Waals surface area contributed by atoms with Gasteiger partial charge in [0.1, 0.15) is 0 Å². The van der Waals surface area contributed by atoms with Crippen molar-refractivity contribution >= 4 is 24.6 Å². The molecule has 0 aliphatic rings. The molecule has 0 spiro atoms. The molecule has 0 bridgehead atoms. The van der Waals surface area contributed by atoms with Gasteiger partial charge in [-0.25, -0.2) is 0 Å². The third kappa shape index (κ3) is 2.24. The molecule has 0 unspecified atom stereocenters. The molecule has 0 aliphatic carbocycles. The molecule has 16 heavy (non-hydrogen) atoms. The summed E-state index contributed by atoms with van der Waals surface area (Å²) in [7, 11) is -2.13. The van der Waals surface area contributed by atoms with E-state index in [1.807, 2.05) is 19.6 Å². The molecule has 0 heterocycles. The van der Waals surface area contributed by atoms with Crippen molar-refractivity contribution in [2.24, 2.45) is 0 Å². The van der Waals surface area contributed by atoms with E-state index in [1.165, 1.54) is 18.2 Å². The number of nitrogens with zero attached hydrogens (tertiary/aromatic N) is 2. The molecule has 7 heteroatoms. The van der Waals surface area contributed by atoms with Crippen molar-refractivity contribution in [2.45, 2.75) is 19.6 Å². The number of rotatable bonds is 3. The van der Waals surface area contributed by atoms with E-state index < -0.39 is 17.9 Å². The predicted molar refractivity (Wildman–Crippen MR) is 62.7 cm³/mol. The van der Waals surface area contributed by atoms with Crippen LogP contribution in [0.5, 0.6) is 0 Å². The van der Waals surface area contributed by atoms with Crippen molar-refractivity contribution in [2.75, 3.05) is 0 Å². The standard InChI is InChI=1S/C9H12N2O4Si/c1-16(2,3)9-7(10(12)13)5-4-6-8(9)11(14)15/h4-6H,1-3H3. The van der Waals surface area contributed by atoms with E-state index in [0.29, 0.717) is 5.19 Å². The molecule has 6 nitrogen and oxygen atoms in total. The lowest BCUT2D eigenvalue weighted by Crippen LogP contribution is -2.40. The van der Waals surface area contributed by atoms with E-state index in [0.717, 1.165) is 0 Å². The summed E-state index contributed by atoms with van der Waals surface area (Å²) in [6.45, 7) is 5.55. The van der Waals surface area contributed by atoms with Crippen molar-refractivity contribution in [1.29, 1.82) is 0 Å². The van der Waals surface area contributed by atoms with Crippen LogP contribution in [-0.4, -0.2) is 17.9 Å². The highest BCUT2D eigenvalue weighted by molar-refractivity contribution is 6.90. The quantitative estimate of drug-likeness (QED) is 0.459. The van der Waals surface area contributed by atoms with Crippen molar-refractivity contribution in [1.82, 2.24) is 0 Å². The van der Waals surface area contributed by atoms with Gasteiger partial charge in [0.25, 0.3) is 11.4 Å². The molecule has 0 amide bonds. The summed E-state index contributed by atoms with van der Waals surface area (Å²) in [5.74, 6) is 0. The third-order valence-corrected chi connectivity index (χ3v) is 4.18. The molecular formula is C9H12N2O4Si. The van der Waals surface area contributed by atoms with Crippen molar-refractivity contribution < 1.29 is 9.85 Å².